The van der Waals surface area contributed by atoms with Crippen LogP contribution in [0.4, 0.5) is 18.9 Å². The van der Waals surface area contributed by atoms with Crippen molar-refractivity contribution in [1.29, 1.82) is 5.26 Å². The summed E-state index contributed by atoms with van der Waals surface area (Å²) in [5, 5.41) is 8.68. The molecule has 0 saturated carbocycles. The molecule has 2 aromatic rings. The minimum Gasteiger partial charge on any atom is -0.397 e. The Hall–Kier alpha value is -2.55. The van der Waals surface area contributed by atoms with Crippen molar-refractivity contribution in [2.24, 2.45) is 0 Å². The zero-order chi connectivity index (χ0) is 14.0. The fourth-order valence-electron chi connectivity index (χ4n) is 1.70. The van der Waals surface area contributed by atoms with Crippen molar-refractivity contribution in [1.82, 2.24) is 4.98 Å². The molecule has 0 amide bonds. The largest absolute Gasteiger partial charge is 0.417 e. The molecule has 19 heavy (non-hydrogen) atoms. The van der Waals surface area contributed by atoms with Gasteiger partial charge in [-0.15, -0.1) is 0 Å². The monoisotopic (exact) mass is 263 g/mol. The van der Waals surface area contributed by atoms with Crippen molar-refractivity contribution in [2.75, 3.05) is 5.73 Å². The first-order chi connectivity index (χ1) is 8.93. The van der Waals surface area contributed by atoms with Crippen LogP contribution in [0.5, 0.6) is 0 Å². The van der Waals surface area contributed by atoms with Gasteiger partial charge in [0.1, 0.15) is 6.07 Å². The molecular weight excluding hydrogens is 255 g/mol. The van der Waals surface area contributed by atoms with Crippen LogP contribution in [-0.4, -0.2) is 4.98 Å². The Morgan fingerprint density at radius 3 is 2.47 bits per heavy atom. The van der Waals surface area contributed by atoms with E-state index in [4.69, 9.17) is 11.0 Å². The molecule has 0 spiro atoms. The van der Waals surface area contributed by atoms with Gasteiger partial charge in [-0.25, -0.2) is 0 Å². The highest BCUT2D eigenvalue weighted by Crippen LogP contribution is 2.37. The molecule has 0 aliphatic heterocycles. The molecule has 1 heterocycles. The number of rotatable bonds is 1. The molecule has 0 aliphatic carbocycles. The number of nitrogen functional groups attached to an aromatic ring is 1. The minimum absolute atomic E-state index is 0.0203. The van der Waals surface area contributed by atoms with Gasteiger partial charge >= 0.3 is 6.18 Å². The van der Waals surface area contributed by atoms with Crippen LogP contribution in [0.15, 0.2) is 36.5 Å². The average molecular weight is 263 g/mol. The summed E-state index contributed by atoms with van der Waals surface area (Å²) >= 11 is 0. The van der Waals surface area contributed by atoms with Crippen LogP contribution >= 0.6 is 0 Å². The van der Waals surface area contributed by atoms with Crippen LogP contribution in [0.1, 0.15) is 11.1 Å². The molecule has 0 fully saturated rings. The number of hydrogen-bond donors (Lipinski definition) is 1. The fraction of sp³-hybridized carbons (Fsp3) is 0.0769. The number of nitrogens with zero attached hydrogens (tertiary/aromatic N) is 2. The molecule has 0 saturated heterocycles. The lowest BCUT2D eigenvalue weighted by atomic mass is 10.0. The molecule has 1 aromatic carbocycles. The second-order valence-electron chi connectivity index (χ2n) is 3.82. The summed E-state index contributed by atoms with van der Waals surface area (Å²) in [5.41, 5.74) is 5.01. The number of halogens is 3. The number of anilines is 1. The lowest BCUT2D eigenvalue weighted by Crippen LogP contribution is -2.08. The Balaban J connectivity index is 2.64. The average Bonchev–Trinajstić information content (AvgIpc) is 2.37. The van der Waals surface area contributed by atoms with Gasteiger partial charge in [0.2, 0.25) is 0 Å². The Morgan fingerprint density at radius 1 is 1.21 bits per heavy atom. The summed E-state index contributed by atoms with van der Waals surface area (Å²) in [4.78, 5) is 3.85. The summed E-state index contributed by atoms with van der Waals surface area (Å²) in [6.45, 7) is 0. The van der Waals surface area contributed by atoms with Crippen LogP contribution < -0.4 is 5.73 Å². The first kappa shape index (κ1) is 12.9. The van der Waals surface area contributed by atoms with E-state index in [2.05, 4.69) is 4.98 Å². The highest BCUT2D eigenvalue weighted by atomic mass is 19.4. The quantitative estimate of drug-likeness (QED) is 0.859. The Labute approximate surface area is 107 Å². The second kappa shape index (κ2) is 4.61. The van der Waals surface area contributed by atoms with Gasteiger partial charge in [-0.05, 0) is 12.1 Å². The van der Waals surface area contributed by atoms with Gasteiger partial charge in [0.15, 0.2) is 0 Å². The van der Waals surface area contributed by atoms with Crippen molar-refractivity contribution in [3.8, 4) is 17.3 Å². The van der Waals surface area contributed by atoms with Crippen molar-refractivity contribution in [3.63, 3.8) is 0 Å². The lowest BCUT2D eigenvalue weighted by molar-refractivity contribution is -0.137. The van der Waals surface area contributed by atoms with Gasteiger partial charge in [-0.2, -0.15) is 18.4 Å². The van der Waals surface area contributed by atoms with Gasteiger partial charge < -0.3 is 5.73 Å². The molecule has 6 heteroatoms. The third kappa shape index (κ3) is 2.50. The third-order valence-corrected chi connectivity index (χ3v) is 2.53. The number of nitriles is 1. The standard InChI is InChI=1S/C13H8F3N3/c14-13(15,16)10-4-2-1-3-9(10)12-11(18)5-8(6-17)7-19-12/h1-5,7H,18H2. The number of benzene rings is 1. The van der Waals surface area contributed by atoms with E-state index in [-0.39, 0.29) is 22.5 Å². The summed E-state index contributed by atoms with van der Waals surface area (Å²) < 4.78 is 38.7. The van der Waals surface area contributed by atoms with E-state index in [0.29, 0.717) is 0 Å². The van der Waals surface area contributed by atoms with Gasteiger partial charge in [0.25, 0.3) is 0 Å². The molecule has 0 aliphatic rings. The zero-order valence-electron chi connectivity index (χ0n) is 9.57. The topological polar surface area (TPSA) is 62.7 Å². The van der Waals surface area contributed by atoms with Crippen molar-refractivity contribution < 1.29 is 13.2 Å². The molecule has 3 nitrogen and oxygen atoms in total. The molecule has 0 unspecified atom stereocenters. The van der Waals surface area contributed by atoms with E-state index in [1.54, 1.807) is 0 Å². The maximum atomic E-state index is 12.9. The molecule has 96 valence electrons. The highest BCUT2D eigenvalue weighted by molar-refractivity contribution is 5.76. The van der Waals surface area contributed by atoms with Crippen LogP contribution in [0.3, 0.4) is 0 Å². The van der Waals surface area contributed by atoms with E-state index >= 15 is 0 Å². The maximum Gasteiger partial charge on any atom is 0.417 e. The van der Waals surface area contributed by atoms with Gasteiger partial charge in [-0.3, -0.25) is 4.98 Å². The second-order valence-corrected chi connectivity index (χ2v) is 3.82. The predicted octanol–water partition coefficient (Wildman–Crippen LogP) is 3.22. The summed E-state index contributed by atoms with van der Waals surface area (Å²) in [7, 11) is 0. The Morgan fingerprint density at radius 2 is 1.89 bits per heavy atom. The van der Waals surface area contributed by atoms with Gasteiger partial charge in [0.05, 0.1) is 22.5 Å². The SMILES string of the molecule is N#Cc1cnc(-c2ccccc2C(F)(F)F)c(N)c1. The smallest absolute Gasteiger partial charge is 0.397 e. The van der Waals surface area contributed by atoms with Crippen LogP contribution in [0, 0.1) is 11.3 Å². The number of hydrogen-bond acceptors (Lipinski definition) is 3. The first-order valence-electron chi connectivity index (χ1n) is 5.25. The van der Waals surface area contributed by atoms with Crippen LogP contribution in [-0.2, 0) is 6.18 Å². The lowest BCUT2D eigenvalue weighted by Gasteiger charge is -2.13. The molecule has 2 N–H and O–H groups in total. The predicted molar refractivity (Wildman–Crippen MR) is 63.8 cm³/mol. The summed E-state index contributed by atoms with van der Waals surface area (Å²) in [6, 6.07) is 8.17. The van der Waals surface area contributed by atoms with Crippen molar-refractivity contribution in [2.45, 2.75) is 6.18 Å². The molecule has 1 aromatic heterocycles. The molecule has 0 bridgehead atoms. The normalized spacial score (nSPS) is 11.1. The molecule has 0 radical (unpaired) electrons. The minimum atomic E-state index is -4.49. The maximum absolute atomic E-state index is 12.9. The van der Waals surface area contributed by atoms with E-state index in [0.717, 1.165) is 6.07 Å². The fourth-order valence-corrected chi connectivity index (χ4v) is 1.70. The summed E-state index contributed by atoms with van der Waals surface area (Å²) in [6.07, 6.45) is -3.29. The first-order valence-corrected chi connectivity index (χ1v) is 5.25. The Bertz CT molecular complexity index is 657. The van der Waals surface area contributed by atoms with Crippen molar-refractivity contribution in [3.05, 3.63) is 47.7 Å². The van der Waals surface area contributed by atoms with Crippen LogP contribution in [0.2, 0.25) is 0 Å². The molecule has 0 atom stereocenters. The molecular formula is C13H8F3N3. The summed E-state index contributed by atoms with van der Waals surface area (Å²) in [5.74, 6) is 0. The van der Waals surface area contributed by atoms with Gasteiger partial charge in [-0.1, -0.05) is 18.2 Å². The van der Waals surface area contributed by atoms with Gasteiger partial charge in [0, 0.05) is 11.8 Å². The zero-order valence-corrected chi connectivity index (χ0v) is 9.57. The Kier molecular flexibility index (Phi) is 3.13. The van der Waals surface area contributed by atoms with E-state index in [1.165, 1.54) is 30.5 Å². The van der Waals surface area contributed by atoms with Crippen LogP contribution in [0.25, 0.3) is 11.3 Å². The number of nitrogens with two attached hydrogens (primary N) is 1. The van der Waals surface area contributed by atoms with Crippen molar-refractivity contribution >= 4 is 5.69 Å². The van der Waals surface area contributed by atoms with E-state index in [9.17, 15) is 13.2 Å². The number of aromatic nitrogens is 1. The number of pyridine rings is 1. The van der Waals surface area contributed by atoms with E-state index < -0.39 is 11.7 Å². The highest BCUT2D eigenvalue weighted by Gasteiger charge is 2.34. The van der Waals surface area contributed by atoms with E-state index in [1.807, 2.05) is 6.07 Å². The third-order valence-electron chi connectivity index (χ3n) is 2.53. The number of alkyl halides is 3. The molecule has 2 rings (SSSR count).